The van der Waals surface area contributed by atoms with Crippen molar-refractivity contribution in [3.63, 3.8) is 0 Å². The first-order chi connectivity index (χ1) is 4.76. The summed E-state index contributed by atoms with van der Waals surface area (Å²) in [7, 11) is 0. The first kappa shape index (κ1) is 10.3. The topological polar surface area (TPSA) is 26.0 Å². The Kier molecular flexibility index (Phi) is 2.92. The molecule has 0 aliphatic rings. The Morgan fingerprint density at radius 1 is 1.18 bits per heavy atom. The lowest BCUT2D eigenvalue weighted by Crippen LogP contribution is -2.11. The molecular weight excluding hydrogens is 134 g/mol. The van der Waals surface area contributed by atoms with Crippen LogP contribution in [0.25, 0.3) is 0 Å². The van der Waals surface area contributed by atoms with Crippen molar-refractivity contribution in [1.82, 2.24) is 0 Å². The molecule has 0 aromatic heterocycles. The molecule has 2 N–H and O–H groups in total. The molecule has 0 heterocycles. The maximum absolute atomic E-state index is 5.58. The summed E-state index contributed by atoms with van der Waals surface area (Å²) in [6.45, 7) is 14.4. The van der Waals surface area contributed by atoms with E-state index in [4.69, 9.17) is 5.73 Å². The van der Waals surface area contributed by atoms with Gasteiger partial charge in [0.15, 0.2) is 0 Å². The summed E-state index contributed by atoms with van der Waals surface area (Å²) < 4.78 is 0. The molecule has 1 nitrogen and oxygen atoms in total. The highest BCUT2D eigenvalue weighted by molar-refractivity contribution is 5.30. The average molecular weight is 153 g/mol. The molecule has 1 heteroatoms. The number of hydrogen-bond acceptors (Lipinski definition) is 1. The van der Waals surface area contributed by atoms with Crippen molar-refractivity contribution in [2.24, 2.45) is 11.1 Å². The fraction of sp³-hybridized carbons (Fsp3) is 0.600. The van der Waals surface area contributed by atoms with Gasteiger partial charge in [0.05, 0.1) is 0 Å². The van der Waals surface area contributed by atoms with E-state index in [1.165, 1.54) is 5.57 Å². The maximum atomic E-state index is 5.58. The second-order valence-electron chi connectivity index (χ2n) is 4.03. The van der Waals surface area contributed by atoms with Crippen LogP contribution in [0, 0.1) is 5.41 Å². The third kappa shape index (κ3) is 2.79. The molecular formula is C10H19N. The van der Waals surface area contributed by atoms with Gasteiger partial charge < -0.3 is 5.73 Å². The summed E-state index contributed by atoms with van der Waals surface area (Å²) in [5, 5.41) is 0. The van der Waals surface area contributed by atoms with E-state index < -0.39 is 0 Å². The van der Waals surface area contributed by atoms with Gasteiger partial charge in [0.1, 0.15) is 0 Å². The van der Waals surface area contributed by atoms with E-state index in [1.54, 1.807) is 0 Å². The Bertz CT molecular complexity index is 191. The van der Waals surface area contributed by atoms with Gasteiger partial charge in [-0.3, -0.25) is 0 Å². The molecule has 11 heavy (non-hydrogen) atoms. The zero-order valence-electron chi connectivity index (χ0n) is 8.28. The molecule has 0 aromatic carbocycles. The number of rotatable bonds is 1. The summed E-state index contributed by atoms with van der Waals surface area (Å²) in [6, 6.07) is 0. The lowest BCUT2D eigenvalue weighted by atomic mass is 9.84. The average Bonchev–Trinajstić information content (AvgIpc) is 1.82. The van der Waals surface area contributed by atoms with Crippen LogP contribution in [0.4, 0.5) is 0 Å². The van der Waals surface area contributed by atoms with Crippen LogP contribution in [-0.4, -0.2) is 0 Å². The fourth-order valence-corrected chi connectivity index (χ4v) is 0.803. The standard InChI is InChI=1S/C10H19N/c1-7(9(3)11)8(2)10(4,5)6/h3,11H2,1-2,4-6H3/b8-7+. The van der Waals surface area contributed by atoms with Crippen LogP contribution >= 0.6 is 0 Å². The Balaban J connectivity index is 4.82. The zero-order chi connectivity index (χ0) is 9.23. The quantitative estimate of drug-likeness (QED) is 0.576. The van der Waals surface area contributed by atoms with Gasteiger partial charge in [0, 0.05) is 5.70 Å². The summed E-state index contributed by atoms with van der Waals surface area (Å²) in [5.41, 5.74) is 8.89. The van der Waals surface area contributed by atoms with Gasteiger partial charge in [-0.25, -0.2) is 0 Å². The first-order valence-corrected chi connectivity index (χ1v) is 3.89. The van der Waals surface area contributed by atoms with Crippen LogP contribution < -0.4 is 5.73 Å². The minimum Gasteiger partial charge on any atom is -0.399 e. The molecule has 0 aliphatic carbocycles. The molecule has 0 atom stereocenters. The Labute approximate surface area is 70.0 Å². The van der Waals surface area contributed by atoms with Crippen molar-refractivity contribution in [1.29, 1.82) is 0 Å². The highest BCUT2D eigenvalue weighted by Crippen LogP contribution is 2.28. The molecule has 0 unspecified atom stereocenters. The number of hydrogen-bond donors (Lipinski definition) is 1. The van der Waals surface area contributed by atoms with Crippen molar-refractivity contribution in [3.05, 3.63) is 23.4 Å². The second kappa shape index (κ2) is 3.12. The molecule has 0 aliphatic heterocycles. The van der Waals surface area contributed by atoms with Gasteiger partial charge in [-0.2, -0.15) is 0 Å². The molecule has 0 saturated carbocycles. The van der Waals surface area contributed by atoms with Crippen molar-refractivity contribution >= 4 is 0 Å². The molecule has 0 rings (SSSR count). The highest BCUT2D eigenvalue weighted by atomic mass is 14.6. The Morgan fingerprint density at radius 2 is 1.55 bits per heavy atom. The van der Waals surface area contributed by atoms with Crippen LogP contribution in [0.2, 0.25) is 0 Å². The SMILES string of the molecule is C=C(N)/C(C)=C(\C)C(C)(C)C. The van der Waals surface area contributed by atoms with Gasteiger partial charge >= 0.3 is 0 Å². The van der Waals surface area contributed by atoms with Gasteiger partial charge in [-0.05, 0) is 24.8 Å². The van der Waals surface area contributed by atoms with Crippen molar-refractivity contribution < 1.29 is 0 Å². The Morgan fingerprint density at radius 3 is 1.64 bits per heavy atom. The summed E-state index contributed by atoms with van der Waals surface area (Å²) in [4.78, 5) is 0. The van der Waals surface area contributed by atoms with Crippen LogP contribution in [-0.2, 0) is 0 Å². The third-order valence-electron chi connectivity index (χ3n) is 2.17. The van der Waals surface area contributed by atoms with Crippen molar-refractivity contribution in [2.45, 2.75) is 34.6 Å². The van der Waals surface area contributed by atoms with E-state index in [-0.39, 0.29) is 5.41 Å². The highest BCUT2D eigenvalue weighted by Gasteiger charge is 2.15. The van der Waals surface area contributed by atoms with Crippen LogP contribution in [0.5, 0.6) is 0 Å². The van der Waals surface area contributed by atoms with Crippen LogP contribution in [0.15, 0.2) is 23.4 Å². The lowest BCUT2D eigenvalue weighted by molar-refractivity contribution is 0.499. The van der Waals surface area contributed by atoms with Crippen molar-refractivity contribution in [3.8, 4) is 0 Å². The fourth-order valence-electron chi connectivity index (χ4n) is 0.803. The molecule has 0 bridgehead atoms. The van der Waals surface area contributed by atoms with Gasteiger partial charge in [-0.1, -0.05) is 32.9 Å². The number of nitrogens with two attached hydrogens (primary N) is 1. The normalized spacial score (nSPS) is 14.3. The third-order valence-corrected chi connectivity index (χ3v) is 2.17. The van der Waals surface area contributed by atoms with Gasteiger partial charge in [0.2, 0.25) is 0 Å². The van der Waals surface area contributed by atoms with Gasteiger partial charge in [-0.15, -0.1) is 0 Å². The van der Waals surface area contributed by atoms with Crippen LogP contribution in [0.3, 0.4) is 0 Å². The summed E-state index contributed by atoms with van der Waals surface area (Å²) in [5.74, 6) is 0. The van der Waals surface area contributed by atoms with E-state index >= 15 is 0 Å². The predicted octanol–water partition coefficient (Wildman–Crippen LogP) is 2.84. The maximum Gasteiger partial charge on any atom is 0.0270 e. The largest absolute Gasteiger partial charge is 0.399 e. The van der Waals surface area contributed by atoms with E-state index in [1.807, 2.05) is 6.92 Å². The molecule has 64 valence electrons. The number of allylic oxidation sites excluding steroid dienone is 2. The first-order valence-electron chi connectivity index (χ1n) is 3.89. The predicted molar refractivity (Wildman–Crippen MR) is 51.2 cm³/mol. The molecule has 0 amide bonds. The Hall–Kier alpha value is -0.720. The smallest absolute Gasteiger partial charge is 0.0270 e. The van der Waals surface area contributed by atoms with E-state index in [9.17, 15) is 0 Å². The van der Waals surface area contributed by atoms with E-state index in [0.29, 0.717) is 5.70 Å². The molecule has 0 spiro atoms. The summed E-state index contributed by atoms with van der Waals surface area (Å²) >= 11 is 0. The molecule has 0 radical (unpaired) electrons. The minimum atomic E-state index is 0.201. The lowest BCUT2D eigenvalue weighted by Gasteiger charge is -2.22. The minimum absolute atomic E-state index is 0.201. The van der Waals surface area contributed by atoms with Crippen molar-refractivity contribution in [2.75, 3.05) is 0 Å². The summed E-state index contributed by atoms with van der Waals surface area (Å²) in [6.07, 6.45) is 0. The van der Waals surface area contributed by atoms with Gasteiger partial charge in [0.25, 0.3) is 0 Å². The van der Waals surface area contributed by atoms with E-state index in [0.717, 1.165) is 5.57 Å². The van der Waals surface area contributed by atoms with Crippen LogP contribution in [0.1, 0.15) is 34.6 Å². The molecule has 0 saturated heterocycles. The molecule has 0 fully saturated rings. The zero-order valence-corrected chi connectivity index (χ0v) is 8.28. The van der Waals surface area contributed by atoms with E-state index in [2.05, 4.69) is 34.3 Å². The second-order valence-corrected chi connectivity index (χ2v) is 4.03. The monoisotopic (exact) mass is 153 g/mol. The molecule has 0 aromatic rings.